The maximum Gasteiger partial charge on any atom is 0.188 e. The van der Waals surface area contributed by atoms with E-state index in [1.54, 1.807) is 0 Å². The first-order chi connectivity index (χ1) is 10.8. The second kappa shape index (κ2) is 8.10. The molecule has 1 atom stereocenters. The lowest BCUT2D eigenvalue weighted by molar-refractivity contribution is 0.0174. The topological polar surface area (TPSA) is 69.4 Å². The Morgan fingerprint density at radius 3 is 2.59 bits per heavy atom. The van der Waals surface area contributed by atoms with Crippen LogP contribution in [0.15, 0.2) is 4.99 Å². The third kappa shape index (κ3) is 4.55. The van der Waals surface area contributed by atoms with Gasteiger partial charge in [0.25, 0.3) is 0 Å². The van der Waals surface area contributed by atoms with Gasteiger partial charge in [0.1, 0.15) is 0 Å². The first-order valence-electron chi connectivity index (χ1n) is 8.61. The second-order valence-corrected chi connectivity index (χ2v) is 6.45. The summed E-state index contributed by atoms with van der Waals surface area (Å²) in [6, 6.07) is 0.552. The van der Waals surface area contributed by atoms with Crippen LogP contribution in [0.2, 0.25) is 0 Å². The van der Waals surface area contributed by atoms with E-state index >= 15 is 0 Å². The van der Waals surface area contributed by atoms with Gasteiger partial charge in [0.05, 0.1) is 19.8 Å². The van der Waals surface area contributed by atoms with Gasteiger partial charge in [0.15, 0.2) is 5.96 Å². The van der Waals surface area contributed by atoms with E-state index in [-0.39, 0.29) is 0 Å². The third-order valence-electron chi connectivity index (χ3n) is 4.93. The molecule has 4 fully saturated rings. The van der Waals surface area contributed by atoms with Gasteiger partial charge < -0.3 is 15.8 Å². The SMILES string of the molecule is NC(=NCC1CN2CCN1CC2)NCCCN1CCOCC1. The Balaban J connectivity index is 1.29. The summed E-state index contributed by atoms with van der Waals surface area (Å²) < 4.78 is 5.35. The van der Waals surface area contributed by atoms with E-state index in [9.17, 15) is 0 Å². The number of piperazine rings is 3. The van der Waals surface area contributed by atoms with Crippen LogP contribution < -0.4 is 11.1 Å². The summed E-state index contributed by atoms with van der Waals surface area (Å²) in [5.74, 6) is 0.597. The number of fused-ring (bicyclic) bond motifs is 3. The molecule has 3 N–H and O–H groups in total. The van der Waals surface area contributed by atoms with Gasteiger partial charge in [-0.3, -0.25) is 19.7 Å². The zero-order valence-electron chi connectivity index (χ0n) is 13.5. The van der Waals surface area contributed by atoms with Crippen molar-refractivity contribution in [3.05, 3.63) is 0 Å². The average Bonchev–Trinajstić information content (AvgIpc) is 2.59. The van der Waals surface area contributed by atoms with E-state index in [0.29, 0.717) is 12.0 Å². The molecule has 0 saturated carbocycles. The predicted molar refractivity (Wildman–Crippen MR) is 88.2 cm³/mol. The van der Waals surface area contributed by atoms with Crippen LogP contribution in [0.1, 0.15) is 6.42 Å². The van der Waals surface area contributed by atoms with Gasteiger partial charge in [-0.2, -0.15) is 0 Å². The Kier molecular flexibility index (Phi) is 5.89. The number of morpholine rings is 1. The Morgan fingerprint density at radius 2 is 1.91 bits per heavy atom. The third-order valence-corrected chi connectivity index (χ3v) is 4.93. The number of hydrogen-bond acceptors (Lipinski definition) is 5. The Morgan fingerprint density at radius 1 is 1.14 bits per heavy atom. The molecule has 4 rings (SSSR count). The molecule has 7 heteroatoms. The number of aliphatic imine (C=N–C) groups is 1. The quantitative estimate of drug-likeness (QED) is 0.358. The van der Waals surface area contributed by atoms with Crippen molar-refractivity contribution in [3.63, 3.8) is 0 Å². The van der Waals surface area contributed by atoms with Crippen molar-refractivity contribution >= 4 is 5.96 Å². The molecule has 1 unspecified atom stereocenters. The van der Waals surface area contributed by atoms with Crippen LogP contribution in [-0.2, 0) is 4.74 Å². The first-order valence-corrected chi connectivity index (χ1v) is 8.61. The molecular formula is C15H30N6O. The van der Waals surface area contributed by atoms with E-state index < -0.39 is 0 Å². The van der Waals surface area contributed by atoms with Crippen LogP contribution in [0.3, 0.4) is 0 Å². The molecule has 0 aromatic heterocycles. The van der Waals surface area contributed by atoms with Crippen molar-refractivity contribution in [2.75, 3.05) is 78.7 Å². The highest BCUT2D eigenvalue weighted by Crippen LogP contribution is 2.15. The van der Waals surface area contributed by atoms with Gasteiger partial charge in [0.2, 0.25) is 0 Å². The highest BCUT2D eigenvalue weighted by Gasteiger charge is 2.31. The molecule has 2 bridgehead atoms. The van der Waals surface area contributed by atoms with Crippen LogP contribution in [0.5, 0.6) is 0 Å². The van der Waals surface area contributed by atoms with Gasteiger partial charge >= 0.3 is 0 Å². The molecule has 4 heterocycles. The Bertz CT molecular complexity index is 363. The van der Waals surface area contributed by atoms with Crippen LogP contribution >= 0.6 is 0 Å². The zero-order valence-corrected chi connectivity index (χ0v) is 13.5. The summed E-state index contributed by atoms with van der Waals surface area (Å²) >= 11 is 0. The van der Waals surface area contributed by atoms with Crippen molar-refractivity contribution in [1.82, 2.24) is 20.0 Å². The van der Waals surface area contributed by atoms with E-state index in [1.165, 1.54) is 26.2 Å². The van der Waals surface area contributed by atoms with E-state index in [2.05, 4.69) is 25.0 Å². The smallest absolute Gasteiger partial charge is 0.188 e. The molecule has 0 aromatic rings. The molecule has 0 radical (unpaired) electrons. The molecule has 0 aromatic carbocycles. The van der Waals surface area contributed by atoms with Crippen molar-refractivity contribution < 1.29 is 4.74 Å². The predicted octanol–water partition coefficient (Wildman–Crippen LogP) is -1.39. The number of nitrogens with two attached hydrogens (primary N) is 1. The average molecular weight is 310 g/mol. The number of ether oxygens (including phenoxy) is 1. The zero-order chi connectivity index (χ0) is 15.2. The van der Waals surface area contributed by atoms with Crippen molar-refractivity contribution in [2.45, 2.75) is 12.5 Å². The van der Waals surface area contributed by atoms with Crippen molar-refractivity contribution in [2.24, 2.45) is 10.7 Å². The molecule has 0 spiro atoms. The molecule has 0 aliphatic carbocycles. The minimum Gasteiger partial charge on any atom is -0.379 e. The number of nitrogens with zero attached hydrogens (tertiary/aromatic N) is 4. The molecule has 7 nitrogen and oxygen atoms in total. The first kappa shape index (κ1) is 16.0. The number of hydrogen-bond donors (Lipinski definition) is 2. The van der Waals surface area contributed by atoms with Crippen LogP contribution in [-0.4, -0.2) is 105 Å². The largest absolute Gasteiger partial charge is 0.379 e. The minimum atomic E-state index is 0.552. The molecule has 4 aliphatic rings. The lowest BCUT2D eigenvalue weighted by atomic mass is 10.1. The van der Waals surface area contributed by atoms with Gasteiger partial charge in [-0.05, 0) is 13.0 Å². The summed E-state index contributed by atoms with van der Waals surface area (Å²) in [6.45, 7) is 12.6. The number of nitrogens with one attached hydrogen (secondary N) is 1. The molecule has 22 heavy (non-hydrogen) atoms. The van der Waals surface area contributed by atoms with Gasteiger partial charge in [-0.1, -0.05) is 0 Å². The van der Waals surface area contributed by atoms with E-state index in [1.807, 2.05) is 0 Å². The summed E-state index contributed by atoms with van der Waals surface area (Å²) in [7, 11) is 0. The second-order valence-electron chi connectivity index (χ2n) is 6.45. The van der Waals surface area contributed by atoms with Crippen molar-refractivity contribution in [3.8, 4) is 0 Å². The fourth-order valence-electron chi connectivity index (χ4n) is 3.50. The summed E-state index contributed by atoms with van der Waals surface area (Å²) in [5.41, 5.74) is 5.98. The van der Waals surface area contributed by atoms with E-state index in [0.717, 1.165) is 58.9 Å². The van der Waals surface area contributed by atoms with Gasteiger partial charge in [-0.25, -0.2) is 0 Å². The fraction of sp³-hybridized carbons (Fsp3) is 0.933. The summed E-state index contributed by atoms with van der Waals surface area (Å²) in [5, 5.41) is 3.24. The Hall–Kier alpha value is -0.890. The molecule has 4 aliphatic heterocycles. The van der Waals surface area contributed by atoms with Crippen molar-refractivity contribution in [1.29, 1.82) is 0 Å². The molecule has 126 valence electrons. The molecule has 4 saturated heterocycles. The maximum absolute atomic E-state index is 5.98. The molecular weight excluding hydrogens is 280 g/mol. The summed E-state index contributed by atoms with van der Waals surface area (Å²) in [4.78, 5) is 12.1. The van der Waals surface area contributed by atoms with Crippen LogP contribution in [0.25, 0.3) is 0 Å². The highest BCUT2D eigenvalue weighted by molar-refractivity contribution is 5.77. The number of rotatable bonds is 6. The summed E-state index contributed by atoms with van der Waals surface area (Å²) in [6.07, 6.45) is 1.10. The lowest BCUT2D eigenvalue weighted by Gasteiger charge is -2.47. The van der Waals surface area contributed by atoms with E-state index in [4.69, 9.17) is 10.5 Å². The lowest BCUT2D eigenvalue weighted by Crippen LogP contribution is -2.61. The van der Waals surface area contributed by atoms with Gasteiger partial charge in [-0.15, -0.1) is 0 Å². The van der Waals surface area contributed by atoms with Gasteiger partial charge in [0, 0.05) is 58.4 Å². The normalized spacial score (nSPS) is 33.1. The maximum atomic E-state index is 5.98. The standard InChI is InChI=1S/C15H30N6O/c16-15(17-2-1-3-19-8-10-22-11-9-19)18-12-14-13-20-4-6-21(14)7-5-20/h14H,1-13H2,(H3,16,17,18). The van der Waals surface area contributed by atoms with Crippen LogP contribution in [0, 0.1) is 0 Å². The fourth-order valence-corrected chi connectivity index (χ4v) is 3.50. The highest BCUT2D eigenvalue weighted by atomic mass is 16.5. The molecule has 0 amide bonds. The minimum absolute atomic E-state index is 0.552. The number of guanidine groups is 1. The Labute approximate surface area is 133 Å². The monoisotopic (exact) mass is 310 g/mol. The van der Waals surface area contributed by atoms with Crippen LogP contribution in [0.4, 0.5) is 0 Å².